The number of hydrogen-bond donors (Lipinski definition) is 1. The molecule has 1 heterocycles. The molecule has 0 unspecified atom stereocenters. The van der Waals surface area contributed by atoms with Crippen molar-refractivity contribution < 1.29 is 19.0 Å². The second-order valence-corrected chi connectivity index (χ2v) is 6.60. The third-order valence-electron chi connectivity index (χ3n) is 4.78. The third-order valence-corrected chi connectivity index (χ3v) is 5.09. The molecule has 0 aromatic heterocycles. The molecular weight excluding hydrogens is 295 g/mol. The van der Waals surface area contributed by atoms with Gasteiger partial charge in [-0.1, -0.05) is 17.7 Å². The Hall–Kier alpha value is -0.680. The Bertz CT molecular complexity index is 504. The highest BCUT2D eigenvalue weighted by Crippen LogP contribution is 2.46. The molecule has 116 valence electrons. The van der Waals surface area contributed by atoms with Gasteiger partial charge in [0.15, 0.2) is 5.79 Å². The van der Waals surface area contributed by atoms with Gasteiger partial charge in [-0.25, -0.2) is 4.39 Å². The average Bonchev–Trinajstić information content (AvgIpc) is 2.95. The van der Waals surface area contributed by atoms with Crippen LogP contribution in [-0.2, 0) is 15.9 Å². The molecule has 2 aliphatic rings. The number of rotatable bonds is 3. The molecule has 0 bridgehead atoms. The van der Waals surface area contributed by atoms with E-state index in [1.165, 1.54) is 6.07 Å². The van der Waals surface area contributed by atoms with Gasteiger partial charge >= 0.3 is 0 Å². The highest BCUT2D eigenvalue weighted by molar-refractivity contribution is 6.30. The molecule has 0 atom stereocenters. The van der Waals surface area contributed by atoms with Gasteiger partial charge < -0.3 is 14.6 Å². The fourth-order valence-corrected chi connectivity index (χ4v) is 3.54. The number of halogens is 2. The predicted octanol–water partition coefficient (Wildman–Crippen LogP) is 3.32. The van der Waals surface area contributed by atoms with E-state index in [0.29, 0.717) is 19.6 Å². The summed E-state index contributed by atoms with van der Waals surface area (Å²) in [4.78, 5) is 0. The predicted molar refractivity (Wildman–Crippen MR) is 77.7 cm³/mol. The minimum absolute atomic E-state index is 0.0906. The smallest absolute Gasteiger partial charge is 0.168 e. The first-order valence-electron chi connectivity index (χ1n) is 7.39. The van der Waals surface area contributed by atoms with Crippen LogP contribution >= 0.6 is 11.6 Å². The van der Waals surface area contributed by atoms with Crippen molar-refractivity contribution in [3.63, 3.8) is 0 Å². The van der Waals surface area contributed by atoms with Crippen LogP contribution in [0.1, 0.15) is 31.2 Å². The zero-order valence-electron chi connectivity index (χ0n) is 11.9. The van der Waals surface area contributed by atoms with Gasteiger partial charge in [-0.3, -0.25) is 0 Å². The van der Waals surface area contributed by atoms with Crippen molar-refractivity contribution in [2.24, 2.45) is 5.41 Å². The molecule has 1 aromatic carbocycles. The van der Waals surface area contributed by atoms with Gasteiger partial charge in [-0.05, 0) is 42.4 Å². The summed E-state index contributed by atoms with van der Waals surface area (Å²) in [5.41, 5.74) is 0.649. The Morgan fingerprint density at radius 3 is 2.38 bits per heavy atom. The molecule has 0 amide bonds. The number of aliphatic hydroxyl groups excluding tert-OH is 1. The van der Waals surface area contributed by atoms with Crippen LogP contribution in [0.5, 0.6) is 0 Å². The largest absolute Gasteiger partial charge is 0.396 e. The standard InChI is InChI=1S/C16H20ClFO3/c17-13-2-1-12(9-14(13)18)10-15(11-19)3-5-16(6-4-15)20-7-8-21-16/h1-2,9,19H,3-8,10-11H2. The zero-order valence-corrected chi connectivity index (χ0v) is 12.7. The monoisotopic (exact) mass is 314 g/mol. The maximum atomic E-state index is 13.6. The summed E-state index contributed by atoms with van der Waals surface area (Å²) in [5, 5.41) is 9.99. The number of hydrogen-bond acceptors (Lipinski definition) is 3. The van der Waals surface area contributed by atoms with Gasteiger partial charge in [0.05, 0.1) is 18.2 Å². The molecule has 1 N–H and O–H groups in total. The van der Waals surface area contributed by atoms with E-state index < -0.39 is 11.6 Å². The molecule has 1 spiro atoms. The van der Waals surface area contributed by atoms with Crippen molar-refractivity contribution >= 4 is 11.6 Å². The quantitative estimate of drug-likeness (QED) is 0.930. The Kier molecular flexibility index (Phi) is 4.23. The summed E-state index contributed by atoms with van der Waals surface area (Å²) < 4.78 is 25.0. The minimum atomic E-state index is -0.441. The first-order valence-corrected chi connectivity index (χ1v) is 7.77. The summed E-state index contributed by atoms with van der Waals surface area (Å²) in [6, 6.07) is 4.87. The fraction of sp³-hybridized carbons (Fsp3) is 0.625. The van der Waals surface area contributed by atoms with Crippen LogP contribution in [0.2, 0.25) is 5.02 Å². The highest BCUT2D eigenvalue weighted by Gasteiger charge is 2.45. The van der Waals surface area contributed by atoms with Crippen molar-refractivity contribution in [1.82, 2.24) is 0 Å². The molecule has 21 heavy (non-hydrogen) atoms. The lowest BCUT2D eigenvalue weighted by Crippen LogP contribution is -2.42. The average molecular weight is 315 g/mol. The molecule has 1 saturated heterocycles. The lowest BCUT2D eigenvalue weighted by Gasteiger charge is -2.43. The Morgan fingerprint density at radius 1 is 1.14 bits per heavy atom. The summed E-state index contributed by atoms with van der Waals surface area (Å²) in [6.07, 6.45) is 3.84. The van der Waals surface area contributed by atoms with Gasteiger partial charge in [-0.15, -0.1) is 0 Å². The van der Waals surface area contributed by atoms with E-state index in [-0.39, 0.29) is 17.0 Å². The molecule has 3 nitrogen and oxygen atoms in total. The summed E-state index contributed by atoms with van der Waals surface area (Å²) >= 11 is 5.72. The van der Waals surface area contributed by atoms with Crippen LogP contribution in [0.25, 0.3) is 0 Å². The number of ether oxygens (including phenoxy) is 2. The lowest BCUT2D eigenvalue weighted by atomic mass is 9.69. The maximum absolute atomic E-state index is 13.6. The first kappa shape index (κ1) is 15.2. The molecular formula is C16H20ClFO3. The first-order chi connectivity index (χ1) is 10.1. The van der Waals surface area contributed by atoms with E-state index in [4.69, 9.17) is 21.1 Å². The molecule has 1 aliphatic heterocycles. The van der Waals surface area contributed by atoms with Gasteiger partial charge in [0.2, 0.25) is 0 Å². The van der Waals surface area contributed by atoms with Gasteiger partial charge in [-0.2, -0.15) is 0 Å². The summed E-state index contributed by atoms with van der Waals surface area (Å²) in [6.45, 7) is 1.39. The minimum Gasteiger partial charge on any atom is -0.396 e. The van der Waals surface area contributed by atoms with Crippen molar-refractivity contribution in [2.45, 2.75) is 37.9 Å². The van der Waals surface area contributed by atoms with Crippen molar-refractivity contribution in [2.75, 3.05) is 19.8 Å². The molecule has 1 aromatic rings. The Balaban J connectivity index is 1.71. The van der Waals surface area contributed by atoms with E-state index in [0.717, 1.165) is 31.2 Å². The van der Waals surface area contributed by atoms with Crippen molar-refractivity contribution in [3.8, 4) is 0 Å². The molecule has 0 radical (unpaired) electrons. The SMILES string of the molecule is OCC1(Cc2ccc(Cl)c(F)c2)CCC2(CC1)OCCO2. The number of benzene rings is 1. The van der Waals surface area contributed by atoms with E-state index >= 15 is 0 Å². The lowest BCUT2D eigenvalue weighted by molar-refractivity contribution is -0.194. The van der Waals surface area contributed by atoms with Crippen LogP contribution < -0.4 is 0 Å². The second kappa shape index (κ2) is 5.84. The van der Waals surface area contributed by atoms with E-state index in [1.807, 2.05) is 6.07 Å². The van der Waals surface area contributed by atoms with Crippen LogP contribution in [-0.4, -0.2) is 30.7 Å². The van der Waals surface area contributed by atoms with Crippen LogP contribution in [0, 0.1) is 11.2 Å². The summed E-state index contributed by atoms with van der Waals surface area (Å²) in [5.74, 6) is -0.846. The fourth-order valence-electron chi connectivity index (χ4n) is 3.42. The zero-order chi connectivity index (χ0) is 14.9. The Labute approximate surface area is 129 Å². The maximum Gasteiger partial charge on any atom is 0.168 e. The van der Waals surface area contributed by atoms with Gasteiger partial charge in [0.1, 0.15) is 5.82 Å². The van der Waals surface area contributed by atoms with Crippen molar-refractivity contribution in [3.05, 3.63) is 34.6 Å². The number of aliphatic hydroxyl groups is 1. The third kappa shape index (κ3) is 3.09. The van der Waals surface area contributed by atoms with E-state index in [1.54, 1.807) is 6.07 Å². The molecule has 1 saturated carbocycles. The summed E-state index contributed by atoms with van der Waals surface area (Å²) in [7, 11) is 0. The molecule has 2 fully saturated rings. The normalized spacial score (nSPS) is 23.6. The van der Waals surface area contributed by atoms with Gasteiger partial charge in [0.25, 0.3) is 0 Å². The van der Waals surface area contributed by atoms with Crippen molar-refractivity contribution in [1.29, 1.82) is 0 Å². The van der Waals surface area contributed by atoms with E-state index in [9.17, 15) is 9.50 Å². The van der Waals surface area contributed by atoms with Gasteiger partial charge in [0, 0.05) is 19.4 Å². The molecule has 5 heteroatoms. The highest BCUT2D eigenvalue weighted by atomic mass is 35.5. The van der Waals surface area contributed by atoms with Crippen LogP contribution in [0.15, 0.2) is 18.2 Å². The van der Waals surface area contributed by atoms with Crippen LogP contribution in [0.4, 0.5) is 4.39 Å². The van der Waals surface area contributed by atoms with E-state index in [2.05, 4.69) is 0 Å². The van der Waals surface area contributed by atoms with Crippen LogP contribution in [0.3, 0.4) is 0 Å². The second-order valence-electron chi connectivity index (χ2n) is 6.19. The Morgan fingerprint density at radius 2 is 1.81 bits per heavy atom. The topological polar surface area (TPSA) is 38.7 Å². The molecule has 1 aliphatic carbocycles. The molecule has 3 rings (SSSR count).